The van der Waals surface area contributed by atoms with Crippen LogP contribution < -0.4 is 11.3 Å². The number of hydrogen-bond acceptors (Lipinski definition) is 3. The van der Waals surface area contributed by atoms with Crippen molar-refractivity contribution >= 4 is 11.0 Å². The third-order valence-corrected chi connectivity index (χ3v) is 2.16. The number of hydrogen-bond donors (Lipinski definition) is 2. The fourth-order valence-electron chi connectivity index (χ4n) is 1.35. The first-order chi connectivity index (χ1) is 6.70. The van der Waals surface area contributed by atoms with Crippen molar-refractivity contribution in [1.82, 2.24) is 9.97 Å². The van der Waals surface area contributed by atoms with E-state index in [1.165, 1.54) is 0 Å². The number of aromatic amines is 1. The summed E-state index contributed by atoms with van der Waals surface area (Å²) in [6, 6.07) is 5.62. The molecule has 2 aromatic rings. The van der Waals surface area contributed by atoms with Gasteiger partial charge in [-0.05, 0) is 24.6 Å². The maximum atomic E-state index is 11.3. The van der Waals surface area contributed by atoms with Gasteiger partial charge in [0.05, 0.1) is 11.0 Å². The number of rotatable bonds is 1. The van der Waals surface area contributed by atoms with E-state index in [1.807, 2.05) is 18.2 Å². The Balaban J connectivity index is 2.77. The first-order valence-corrected chi connectivity index (χ1v) is 4.40. The molecule has 4 heteroatoms. The lowest BCUT2D eigenvalue weighted by Gasteiger charge is -2.00. The van der Waals surface area contributed by atoms with Crippen LogP contribution in [-0.2, 0) is 6.54 Å². The maximum Gasteiger partial charge on any atom is 0.269 e. The normalized spacial score (nSPS) is 10.7. The molecule has 0 amide bonds. The zero-order valence-electron chi connectivity index (χ0n) is 7.87. The van der Waals surface area contributed by atoms with E-state index in [1.54, 1.807) is 6.92 Å². The van der Waals surface area contributed by atoms with Crippen molar-refractivity contribution in [1.29, 1.82) is 0 Å². The van der Waals surface area contributed by atoms with Crippen LogP contribution in [0.2, 0.25) is 0 Å². The van der Waals surface area contributed by atoms with Crippen LogP contribution in [0, 0.1) is 6.92 Å². The van der Waals surface area contributed by atoms with Gasteiger partial charge in [0.25, 0.3) is 5.56 Å². The van der Waals surface area contributed by atoms with Gasteiger partial charge in [-0.15, -0.1) is 0 Å². The van der Waals surface area contributed by atoms with Crippen LogP contribution in [0.25, 0.3) is 11.0 Å². The molecule has 0 aliphatic rings. The molecule has 0 radical (unpaired) electrons. The minimum absolute atomic E-state index is 0.147. The van der Waals surface area contributed by atoms with Gasteiger partial charge in [-0.3, -0.25) is 4.79 Å². The standard InChI is InChI=1S/C10H11N3O/c1-6-10(14)13-9-4-7(5-11)2-3-8(9)12-6/h2-4H,5,11H2,1H3,(H,13,14). The van der Waals surface area contributed by atoms with Crippen LogP contribution in [0.1, 0.15) is 11.3 Å². The quantitative estimate of drug-likeness (QED) is 0.693. The second-order valence-electron chi connectivity index (χ2n) is 3.21. The second kappa shape index (κ2) is 3.23. The third kappa shape index (κ3) is 1.40. The van der Waals surface area contributed by atoms with Gasteiger partial charge in [-0.1, -0.05) is 6.07 Å². The van der Waals surface area contributed by atoms with Gasteiger partial charge in [0.15, 0.2) is 0 Å². The van der Waals surface area contributed by atoms with Gasteiger partial charge in [0.1, 0.15) is 5.69 Å². The summed E-state index contributed by atoms with van der Waals surface area (Å²) in [4.78, 5) is 18.2. The minimum atomic E-state index is -0.147. The number of aryl methyl sites for hydroxylation is 1. The van der Waals surface area contributed by atoms with E-state index in [0.29, 0.717) is 12.2 Å². The average Bonchev–Trinajstić information content (AvgIpc) is 2.19. The molecule has 0 fully saturated rings. The SMILES string of the molecule is Cc1nc2ccc(CN)cc2[nH]c1=O. The monoisotopic (exact) mass is 189 g/mol. The van der Waals surface area contributed by atoms with Crippen molar-refractivity contribution in [2.45, 2.75) is 13.5 Å². The summed E-state index contributed by atoms with van der Waals surface area (Å²) >= 11 is 0. The highest BCUT2D eigenvalue weighted by Crippen LogP contribution is 2.09. The molecular formula is C10H11N3O. The van der Waals surface area contributed by atoms with Crippen LogP contribution in [0.3, 0.4) is 0 Å². The Morgan fingerprint density at radius 3 is 3.00 bits per heavy atom. The molecule has 0 atom stereocenters. The molecule has 0 aliphatic heterocycles. The predicted molar refractivity (Wildman–Crippen MR) is 55.0 cm³/mol. The van der Waals surface area contributed by atoms with E-state index >= 15 is 0 Å². The summed E-state index contributed by atoms with van der Waals surface area (Å²) in [6.07, 6.45) is 0. The molecule has 1 heterocycles. The molecule has 0 saturated carbocycles. The molecule has 2 rings (SSSR count). The van der Waals surface area contributed by atoms with Crippen molar-refractivity contribution in [3.63, 3.8) is 0 Å². The number of aromatic nitrogens is 2. The van der Waals surface area contributed by atoms with E-state index in [-0.39, 0.29) is 5.56 Å². The van der Waals surface area contributed by atoms with E-state index in [4.69, 9.17) is 5.73 Å². The van der Waals surface area contributed by atoms with Crippen LogP contribution in [-0.4, -0.2) is 9.97 Å². The molecule has 0 spiro atoms. The molecule has 1 aromatic carbocycles. The molecular weight excluding hydrogens is 178 g/mol. The summed E-state index contributed by atoms with van der Waals surface area (Å²) in [5, 5.41) is 0. The van der Waals surface area contributed by atoms with Crippen molar-refractivity contribution in [2.75, 3.05) is 0 Å². The summed E-state index contributed by atoms with van der Waals surface area (Å²) in [5.41, 5.74) is 8.35. The molecule has 0 bridgehead atoms. The van der Waals surface area contributed by atoms with E-state index < -0.39 is 0 Å². The predicted octanol–water partition coefficient (Wildman–Crippen LogP) is 0.690. The van der Waals surface area contributed by atoms with Crippen LogP contribution in [0.15, 0.2) is 23.0 Å². The highest BCUT2D eigenvalue weighted by Gasteiger charge is 2.00. The number of nitrogens with zero attached hydrogens (tertiary/aromatic N) is 1. The molecule has 3 N–H and O–H groups in total. The third-order valence-electron chi connectivity index (χ3n) is 2.16. The topological polar surface area (TPSA) is 71.8 Å². The number of fused-ring (bicyclic) bond motifs is 1. The molecule has 72 valence electrons. The van der Waals surface area contributed by atoms with Crippen molar-refractivity contribution < 1.29 is 0 Å². The van der Waals surface area contributed by atoms with Crippen LogP contribution in [0.5, 0.6) is 0 Å². The zero-order chi connectivity index (χ0) is 10.1. The number of benzene rings is 1. The molecule has 1 aromatic heterocycles. The maximum absolute atomic E-state index is 11.3. The van der Waals surface area contributed by atoms with Gasteiger partial charge in [0, 0.05) is 6.54 Å². The van der Waals surface area contributed by atoms with Gasteiger partial charge < -0.3 is 10.7 Å². The molecule has 14 heavy (non-hydrogen) atoms. The smallest absolute Gasteiger partial charge is 0.269 e. The lowest BCUT2D eigenvalue weighted by atomic mass is 10.2. The number of nitrogens with two attached hydrogens (primary N) is 1. The second-order valence-corrected chi connectivity index (χ2v) is 3.21. The van der Waals surface area contributed by atoms with Crippen LogP contribution >= 0.6 is 0 Å². The average molecular weight is 189 g/mol. The number of H-pyrrole nitrogens is 1. The van der Waals surface area contributed by atoms with E-state index in [2.05, 4.69) is 9.97 Å². The van der Waals surface area contributed by atoms with E-state index in [0.717, 1.165) is 16.6 Å². The zero-order valence-corrected chi connectivity index (χ0v) is 7.87. The van der Waals surface area contributed by atoms with Gasteiger partial charge in [-0.25, -0.2) is 4.98 Å². The highest BCUT2D eigenvalue weighted by atomic mass is 16.1. The Bertz CT molecular complexity index is 530. The van der Waals surface area contributed by atoms with Gasteiger partial charge >= 0.3 is 0 Å². The fourth-order valence-corrected chi connectivity index (χ4v) is 1.35. The summed E-state index contributed by atoms with van der Waals surface area (Å²) < 4.78 is 0. The Morgan fingerprint density at radius 2 is 2.29 bits per heavy atom. The molecule has 4 nitrogen and oxygen atoms in total. The number of nitrogens with one attached hydrogen (secondary N) is 1. The lowest BCUT2D eigenvalue weighted by Crippen LogP contribution is -2.11. The summed E-state index contributed by atoms with van der Waals surface area (Å²) in [6.45, 7) is 2.15. The summed E-state index contributed by atoms with van der Waals surface area (Å²) in [7, 11) is 0. The lowest BCUT2D eigenvalue weighted by molar-refractivity contribution is 1.06. The van der Waals surface area contributed by atoms with Crippen molar-refractivity contribution in [3.8, 4) is 0 Å². The van der Waals surface area contributed by atoms with Crippen molar-refractivity contribution in [2.24, 2.45) is 5.73 Å². The molecule has 0 unspecified atom stereocenters. The molecule has 0 aliphatic carbocycles. The van der Waals surface area contributed by atoms with E-state index in [9.17, 15) is 4.79 Å². The van der Waals surface area contributed by atoms with Gasteiger partial charge in [0.2, 0.25) is 0 Å². The Kier molecular flexibility index (Phi) is 2.05. The van der Waals surface area contributed by atoms with Crippen molar-refractivity contribution in [3.05, 3.63) is 39.8 Å². The Morgan fingerprint density at radius 1 is 1.50 bits per heavy atom. The fraction of sp³-hybridized carbons (Fsp3) is 0.200. The minimum Gasteiger partial charge on any atom is -0.326 e. The Hall–Kier alpha value is -1.68. The highest BCUT2D eigenvalue weighted by molar-refractivity contribution is 5.74. The first-order valence-electron chi connectivity index (χ1n) is 4.40. The first kappa shape index (κ1) is 8.90. The summed E-state index contributed by atoms with van der Waals surface area (Å²) in [5.74, 6) is 0. The van der Waals surface area contributed by atoms with Gasteiger partial charge in [-0.2, -0.15) is 0 Å². The largest absolute Gasteiger partial charge is 0.326 e. The van der Waals surface area contributed by atoms with Crippen LogP contribution in [0.4, 0.5) is 0 Å². The molecule has 0 saturated heterocycles. The Labute approximate surface area is 80.8 Å².